The van der Waals surface area contributed by atoms with E-state index in [1.807, 2.05) is 0 Å². The van der Waals surface area contributed by atoms with E-state index in [0.29, 0.717) is 0 Å². The van der Waals surface area contributed by atoms with Crippen LogP contribution >= 0.6 is 15.9 Å². The fraction of sp³-hybridized carbons (Fsp3) is 0.889. The van der Waals surface area contributed by atoms with E-state index in [1.54, 1.807) is 0 Å². The minimum absolute atomic E-state index is 0.00618. The third-order valence-corrected chi connectivity index (χ3v) is 2.75. The van der Waals surface area contributed by atoms with E-state index in [-0.39, 0.29) is 11.4 Å². The maximum absolute atomic E-state index is 9.82. The summed E-state index contributed by atoms with van der Waals surface area (Å²) in [4.78, 5) is -0.148. The molecule has 1 aliphatic rings. The van der Waals surface area contributed by atoms with Gasteiger partial charge in [0.15, 0.2) is 6.29 Å². The lowest BCUT2D eigenvalue weighted by molar-refractivity contribution is -0.297. The van der Waals surface area contributed by atoms with Crippen LogP contribution in [-0.2, 0) is 18.9 Å². The van der Waals surface area contributed by atoms with Crippen molar-refractivity contribution >= 4 is 20.7 Å². The van der Waals surface area contributed by atoms with Crippen molar-refractivity contribution < 1.29 is 29.2 Å². The van der Waals surface area contributed by atoms with Gasteiger partial charge in [-0.05, 0) is 0 Å². The third-order valence-electron chi connectivity index (χ3n) is 2.52. The summed E-state index contributed by atoms with van der Waals surface area (Å²) in [5.41, 5.74) is 0. The SMILES string of the molecule is CO[C@@H]1OC(COC(=N)Br)[C@H](OC)[C@H](O)C1O. The molecule has 1 heterocycles. The van der Waals surface area contributed by atoms with Gasteiger partial charge in [0.1, 0.15) is 31.0 Å². The lowest BCUT2D eigenvalue weighted by atomic mass is 9.99. The molecule has 0 bridgehead atoms. The van der Waals surface area contributed by atoms with E-state index < -0.39 is 30.7 Å². The van der Waals surface area contributed by atoms with Gasteiger partial charge in [0.25, 0.3) is 4.81 Å². The van der Waals surface area contributed by atoms with Crippen LogP contribution in [0, 0.1) is 5.41 Å². The van der Waals surface area contributed by atoms with E-state index >= 15 is 0 Å². The highest BCUT2D eigenvalue weighted by atomic mass is 79.9. The first-order chi connectivity index (χ1) is 8.01. The minimum atomic E-state index is -1.19. The minimum Gasteiger partial charge on any atom is -0.470 e. The number of hydrogen-bond acceptors (Lipinski definition) is 7. The Hall–Kier alpha value is -0.250. The Morgan fingerprint density at radius 1 is 1.29 bits per heavy atom. The normalized spacial score (nSPS) is 37.8. The van der Waals surface area contributed by atoms with Crippen LogP contribution in [0.4, 0.5) is 0 Å². The lowest BCUT2D eigenvalue weighted by Gasteiger charge is -2.41. The number of rotatable bonds is 4. The second-order valence-electron chi connectivity index (χ2n) is 3.54. The highest BCUT2D eigenvalue weighted by molar-refractivity contribution is 9.18. The lowest BCUT2D eigenvalue weighted by Crippen LogP contribution is -2.59. The van der Waals surface area contributed by atoms with Gasteiger partial charge in [-0.2, -0.15) is 0 Å². The van der Waals surface area contributed by atoms with Gasteiger partial charge in [-0.15, -0.1) is 0 Å². The number of methoxy groups -OCH3 is 2. The van der Waals surface area contributed by atoms with Crippen molar-refractivity contribution in [3.63, 3.8) is 0 Å². The Kier molecular flexibility index (Phi) is 5.77. The molecule has 100 valence electrons. The van der Waals surface area contributed by atoms with Gasteiger partial charge in [0, 0.05) is 30.1 Å². The highest BCUT2D eigenvalue weighted by Crippen LogP contribution is 2.24. The van der Waals surface area contributed by atoms with Crippen LogP contribution in [0.5, 0.6) is 0 Å². The predicted octanol–water partition coefficient (Wildman–Crippen LogP) is -0.559. The van der Waals surface area contributed by atoms with Crippen molar-refractivity contribution in [1.82, 2.24) is 0 Å². The summed E-state index contributed by atoms with van der Waals surface area (Å²) in [6.07, 6.45) is -4.67. The molecule has 0 aliphatic carbocycles. The molecular formula is C9H16BrNO6. The zero-order chi connectivity index (χ0) is 13.0. The van der Waals surface area contributed by atoms with E-state index in [4.69, 9.17) is 24.4 Å². The summed E-state index contributed by atoms with van der Waals surface area (Å²) >= 11 is 2.82. The fourth-order valence-corrected chi connectivity index (χ4v) is 1.81. The average Bonchev–Trinajstić information content (AvgIpc) is 2.30. The Labute approximate surface area is 107 Å². The van der Waals surface area contributed by atoms with Crippen LogP contribution in [0.15, 0.2) is 0 Å². The first-order valence-electron chi connectivity index (χ1n) is 4.95. The van der Waals surface area contributed by atoms with Gasteiger partial charge in [-0.25, -0.2) is 0 Å². The molecule has 1 rings (SSSR count). The molecule has 0 spiro atoms. The molecule has 1 fully saturated rings. The Morgan fingerprint density at radius 2 is 1.94 bits per heavy atom. The topological polar surface area (TPSA) is 101 Å². The largest absolute Gasteiger partial charge is 0.470 e. The van der Waals surface area contributed by atoms with Gasteiger partial charge in [0.2, 0.25) is 0 Å². The van der Waals surface area contributed by atoms with Crippen molar-refractivity contribution in [2.24, 2.45) is 0 Å². The molecular weight excluding hydrogens is 298 g/mol. The van der Waals surface area contributed by atoms with Gasteiger partial charge in [-0.1, -0.05) is 0 Å². The summed E-state index contributed by atoms with van der Waals surface area (Å²) in [5, 5.41) is 26.6. The Morgan fingerprint density at radius 3 is 2.41 bits per heavy atom. The molecule has 5 atom stereocenters. The summed E-state index contributed by atoms with van der Waals surface area (Å²) in [6, 6.07) is 0. The molecule has 17 heavy (non-hydrogen) atoms. The summed E-state index contributed by atoms with van der Waals surface area (Å²) in [7, 11) is 2.75. The third kappa shape index (κ3) is 3.60. The molecule has 0 amide bonds. The summed E-state index contributed by atoms with van der Waals surface area (Å²) in [6.45, 7) is 0.00618. The molecule has 2 unspecified atom stereocenters. The van der Waals surface area contributed by atoms with Gasteiger partial charge < -0.3 is 29.2 Å². The van der Waals surface area contributed by atoms with Crippen LogP contribution in [0.25, 0.3) is 0 Å². The first-order valence-corrected chi connectivity index (χ1v) is 5.74. The zero-order valence-electron chi connectivity index (χ0n) is 9.50. The summed E-state index contributed by atoms with van der Waals surface area (Å²) < 4.78 is 20.3. The van der Waals surface area contributed by atoms with Crippen LogP contribution < -0.4 is 0 Å². The highest BCUT2D eigenvalue weighted by Gasteiger charge is 2.45. The molecule has 0 saturated carbocycles. The smallest absolute Gasteiger partial charge is 0.251 e. The number of hydrogen-bond donors (Lipinski definition) is 3. The molecule has 8 heteroatoms. The second kappa shape index (κ2) is 6.62. The maximum Gasteiger partial charge on any atom is 0.251 e. The van der Waals surface area contributed by atoms with E-state index in [0.717, 1.165) is 0 Å². The number of nitrogens with one attached hydrogen (secondary N) is 1. The first kappa shape index (κ1) is 14.8. The average molecular weight is 314 g/mol. The van der Waals surface area contributed by atoms with Crippen molar-refractivity contribution in [3.05, 3.63) is 0 Å². The number of aliphatic hydroxyl groups is 2. The van der Waals surface area contributed by atoms with Crippen LogP contribution in [0.2, 0.25) is 0 Å². The maximum atomic E-state index is 9.82. The van der Waals surface area contributed by atoms with Gasteiger partial charge >= 0.3 is 0 Å². The zero-order valence-corrected chi connectivity index (χ0v) is 11.1. The molecule has 0 aromatic carbocycles. The van der Waals surface area contributed by atoms with Crippen molar-refractivity contribution in [2.45, 2.75) is 30.7 Å². The van der Waals surface area contributed by atoms with Crippen molar-refractivity contribution in [3.8, 4) is 0 Å². The van der Waals surface area contributed by atoms with E-state index in [2.05, 4.69) is 15.9 Å². The monoisotopic (exact) mass is 313 g/mol. The quantitative estimate of drug-likeness (QED) is 0.475. The molecule has 0 aromatic heterocycles. The fourth-order valence-electron chi connectivity index (χ4n) is 1.68. The predicted molar refractivity (Wildman–Crippen MR) is 61.1 cm³/mol. The van der Waals surface area contributed by atoms with Gasteiger partial charge in [-0.3, -0.25) is 5.41 Å². The summed E-state index contributed by atoms with van der Waals surface area (Å²) in [5.74, 6) is 0. The number of aliphatic hydroxyl groups excluding tert-OH is 2. The second-order valence-corrected chi connectivity index (χ2v) is 4.27. The Bertz CT molecular complexity index is 266. The number of ether oxygens (including phenoxy) is 4. The molecule has 0 radical (unpaired) electrons. The molecule has 0 aromatic rings. The molecule has 3 N–H and O–H groups in total. The van der Waals surface area contributed by atoms with E-state index in [9.17, 15) is 10.2 Å². The Balaban J connectivity index is 2.68. The van der Waals surface area contributed by atoms with Gasteiger partial charge in [0.05, 0.1) is 0 Å². The van der Waals surface area contributed by atoms with Crippen molar-refractivity contribution in [1.29, 1.82) is 5.41 Å². The molecule has 1 saturated heterocycles. The standard InChI is InChI=1S/C9H16BrNO6/c1-14-7-4(3-16-9(10)11)17-8(15-2)6(13)5(7)12/h4-8,11-13H,3H2,1-2H3/t4?,5-,6?,7+,8-/m1/s1. The van der Waals surface area contributed by atoms with Crippen molar-refractivity contribution in [2.75, 3.05) is 20.8 Å². The molecule has 7 nitrogen and oxygen atoms in total. The van der Waals surface area contributed by atoms with Crippen LogP contribution in [-0.4, -0.2) is 66.6 Å². The molecule has 1 aliphatic heterocycles. The van der Waals surface area contributed by atoms with Crippen LogP contribution in [0.3, 0.4) is 0 Å². The van der Waals surface area contributed by atoms with E-state index in [1.165, 1.54) is 14.2 Å². The van der Waals surface area contributed by atoms with Crippen LogP contribution in [0.1, 0.15) is 0 Å². The number of halogens is 1.